The number of aliphatic hydroxyl groups is 1. The van der Waals surface area contributed by atoms with Gasteiger partial charge in [-0.25, -0.2) is 9.13 Å². The summed E-state index contributed by atoms with van der Waals surface area (Å²) in [5.41, 5.74) is 0. The molecule has 3 N–H and O–H groups in total. The van der Waals surface area contributed by atoms with Crippen molar-refractivity contribution in [1.29, 1.82) is 0 Å². The molecular formula is C79H154O17P2. The van der Waals surface area contributed by atoms with E-state index in [9.17, 15) is 43.2 Å². The zero-order valence-electron chi connectivity index (χ0n) is 64.1. The van der Waals surface area contributed by atoms with Gasteiger partial charge in [0.25, 0.3) is 0 Å². The molecule has 0 fully saturated rings. The number of phosphoric ester groups is 2. The molecule has 0 saturated carbocycles. The van der Waals surface area contributed by atoms with Crippen molar-refractivity contribution in [1.82, 2.24) is 0 Å². The normalized spacial score (nSPS) is 14.2. The smallest absolute Gasteiger partial charge is 0.462 e. The van der Waals surface area contributed by atoms with Crippen LogP contribution in [0.15, 0.2) is 0 Å². The van der Waals surface area contributed by atoms with Crippen LogP contribution in [-0.4, -0.2) is 96.7 Å². The first-order valence-corrected chi connectivity index (χ1v) is 44.0. The van der Waals surface area contributed by atoms with Gasteiger partial charge < -0.3 is 33.8 Å². The number of ether oxygens (including phenoxy) is 4. The summed E-state index contributed by atoms with van der Waals surface area (Å²) in [6, 6.07) is 0. The standard InChI is InChI=1S/C79H154O17P2/c1-7-10-12-14-16-18-31-39-45-51-57-63-78(83)95-74(67-89-76(81)61-55-49-43-17-15-13-11-8-2)69-93-97(85,86)91-65-73(80)66-92-98(87,88)94-70-75(68-90-77(82)62-56-50-44-38-34-29-26-25-27-32-36-41-47-53-59-71(4)5)96-79(84)64-58-52-46-40-35-30-24-22-20-19-21-23-28-33-37-42-48-54-60-72(6)9-3/h71-75,80H,7-70H2,1-6H3,(H,85,86)(H,87,88)/t72?,73-,74+,75+/m0/s1. The fraction of sp³-hybridized carbons (Fsp3) is 0.949. The second kappa shape index (κ2) is 70.7. The third kappa shape index (κ3) is 71.1. The van der Waals surface area contributed by atoms with Crippen LogP contribution in [0.4, 0.5) is 0 Å². The Balaban J connectivity index is 5.17. The Morgan fingerprint density at radius 3 is 0.776 bits per heavy atom. The monoisotopic (exact) mass is 1440 g/mol. The van der Waals surface area contributed by atoms with E-state index >= 15 is 0 Å². The lowest BCUT2D eigenvalue weighted by Gasteiger charge is -2.21. The lowest BCUT2D eigenvalue weighted by atomic mass is 9.99. The van der Waals surface area contributed by atoms with Crippen LogP contribution in [0.1, 0.15) is 414 Å². The zero-order valence-corrected chi connectivity index (χ0v) is 65.9. The Hall–Kier alpha value is -1.94. The summed E-state index contributed by atoms with van der Waals surface area (Å²) in [7, 11) is -9.91. The Morgan fingerprint density at radius 1 is 0.296 bits per heavy atom. The van der Waals surface area contributed by atoms with E-state index in [0.29, 0.717) is 25.7 Å². The number of hydrogen-bond donors (Lipinski definition) is 3. The molecule has 0 bridgehead atoms. The van der Waals surface area contributed by atoms with Crippen LogP contribution in [0.25, 0.3) is 0 Å². The van der Waals surface area contributed by atoms with Crippen LogP contribution in [0.2, 0.25) is 0 Å². The number of phosphoric acid groups is 2. The van der Waals surface area contributed by atoms with Crippen LogP contribution in [0.5, 0.6) is 0 Å². The van der Waals surface area contributed by atoms with Crippen molar-refractivity contribution in [2.45, 2.75) is 432 Å². The number of unbranched alkanes of at least 4 members (excludes halogenated alkanes) is 47. The molecule has 3 unspecified atom stereocenters. The van der Waals surface area contributed by atoms with Gasteiger partial charge in [-0.15, -0.1) is 0 Å². The molecule has 6 atom stereocenters. The Kier molecular flexibility index (Phi) is 69.3. The highest BCUT2D eigenvalue weighted by molar-refractivity contribution is 7.47. The molecule has 0 saturated heterocycles. The molecule has 582 valence electrons. The third-order valence-electron chi connectivity index (χ3n) is 18.8. The molecule has 19 heteroatoms. The predicted octanol–water partition coefficient (Wildman–Crippen LogP) is 23.5. The predicted molar refractivity (Wildman–Crippen MR) is 400 cm³/mol. The van der Waals surface area contributed by atoms with E-state index in [1.54, 1.807) is 0 Å². The molecule has 17 nitrogen and oxygen atoms in total. The van der Waals surface area contributed by atoms with Crippen molar-refractivity contribution >= 4 is 39.5 Å². The number of rotatable bonds is 78. The first-order valence-electron chi connectivity index (χ1n) is 41.0. The molecule has 0 spiro atoms. The Morgan fingerprint density at radius 2 is 0.520 bits per heavy atom. The molecule has 0 aromatic carbocycles. The van der Waals surface area contributed by atoms with Crippen molar-refractivity contribution in [3.63, 3.8) is 0 Å². The van der Waals surface area contributed by atoms with E-state index in [0.717, 1.165) is 108 Å². The van der Waals surface area contributed by atoms with Gasteiger partial charge in [0.05, 0.1) is 26.4 Å². The summed E-state index contributed by atoms with van der Waals surface area (Å²) in [4.78, 5) is 72.8. The van der Waals surface area contributed by atoms with Gasteiger partial charge in [0.2, 0.25) is 0 Å². The Bertz CT molecular complexity index is 1890. The molecule has 0 aromatic rings. The highest BCUT2D eigenvalue weighted by Gasteiger charge is 2.30. The van der Waals surface area contributed by atoms with Crippen LogP contribution >= 0.6 is 15.6 Å². The second-order valence-electron chi connectivity index (χ2n) is 29.2. The van der Waals surface area contributed by atoms with Crippen molar-refractivity contribution in [2.24, 2.45) is 11.8 Å². The minimum atomic E-state index is -4.96. The lowest BCUT2D eigenvalue weighted by Crippen LogP contribution is -2.30. The first kappa shape index (κ1) is 96.1. The van der Waals surface area contributed by atoms with Gasteiger partial charge >= 0.3 is 39.5 Å². The van der Waals surface area contributed by atoms with E-state index in [2.05, 4.69) is 41.5 Å². The molecule has 0 aliphatic carbocycles. The maximum atomic E-state index is 13.1. The molecule has 0 rings (SSSR count). The van der Waals surface area contributed by atoms with Crippen molar-refractivity contribution in [3.8, 4) is 0 Å². The summed E-state index contributed by atoms with van der Waals surface area (Å²) in [6.45, 7) is 9.68. The van der Waals surface area contributed by atoms with Crippen molar-refractivity contribution in [2.75, 3.05) is 39.6 Å². The molecule has 98 heavy (non-hydrogen) atoms. The fourth-order valence-electron chi connectivity index (χ4n) is 12.2. The molecule has 0 aliphatic rings. The minimum Gasteiger partial charge on any atom is -0.462 e. The van der Waals surface area contributed by atoms with Crippen LogP contribution < -0.4 is 0 Å². The second-order valence-corrected chi connectivity index (χ2v) is 32.1. The lowest BCUT2D eigenvalue weighted by molar-refractivity contribution is -0.161. The van der Waals surface area contributed by atoms with Gasteiger partial charge in [-0.2, -0.15) is 0 Å². The van der Waals surface area contributed by atoms with E-state index in [-0.39, 0.29) is 25.7 Å². The summed E-state index contributed by atoms with van der Waals surface area (Å²) in [5.74, 6) is -0.444. The van der Waals surface area contributed by atoms with E-state index in [1.807, 2.05) is 0 Å². The highest BCUT2D eigenvalue weighted by atomic mass is 31.2. The molecule has 0 aliphatic heterocycles. The van der Waals surface area contributed by atoms with Gasteiger partial charge in [0.15, 0.2) is 12.2 Å². The Labute approximate surface area is 600 Å². The average molecular weight is 1440 g/mol. The minimum absolute atomic E-state index is 0.107. The zero-order chi connectivity index (χ0) is 72.1. The van der Waals surface area contributed by atoms with E-state index in [1.165, 1.54) is 225 Å². The summed E-state index contributed by atoms with van der Waals surface area (Å²) in [5, 5.41) is 10.6. The maximum absolute atomic E-state index is 13.1. The molecule has 0 amide bonds. The van der Waals surface area contributed by atoms with E-state index < -0.39 is 97.5 Å². The molecule has 0 aromatic heterocycles. The number of hydrogen-bond acceptors (Lipinski definition) is 15. The van der Waals surface area contributed by atoms with Crippen LogP contribution in [-0.2, 0) is 65.4 Å². The van der Waals surface area contributed by atoms with E-state index in [4.69, 9.17) is 37.0 Å². The maximum Gasteiger partial charge on any atom is 0.472 e. The van der Waals surface area contributed by atoms with Gasteiger partial charge in [-0.3, -0.25) is 37.3 Å². The SMILES string of the molecule is CCCCCCCCCCCCCC(=O)O[C@H](COC(=O)CCCCCCCCCC)COP(=O)(O)OC[C@H](O)COP(=O)(O)OC[C@@H](COC(=O)CCCCCCCCCCCCCCCCC(C)C)OC(=O)CCCCCCCCCCCCCCCCCCCCC(C)CC. The number of aliphatic hydroxyl groups excluding tert-OH is 1. The molecule has 0 heterocycles. The molecule has 0 radical (unpaired) electrons. The number of carbonyl (C=O) groups excluding carboxylic acids is 4. The first-order chi connectivity index (χ1) is 47.4. The third-order valence-corrected chi connectivity index (χ3v) is 20.7. The summed E-state index contributed by atoms with van der Waals surface area (Å²) in [6.07, 6.45) is 59.7. The number of esters is 4. The molecular weight excluding hydrogens is 1280 g/mol. The fourth-order valence-corrected chi connectivity index (χ4v) is 13.7. The highest BCUT2D eigenvalue weighted by Crippen LogP contribution is 2.45. The topological polar surface area (TPSA) is 237 Å². The average Bonchev–Trinajstić information content (AvgIpc) is 0.998. The van der Waals surface area contributed by atoms with Crippen LogP contribution in [0.3, 0.4) is 0 Å². The largest absolute Gasteiger partial charge is 0.472 e. The van der Waals surface area contributed by atoms with Crippen molar-refractivity contribution < 1.29 is 80.2 Å². The summed E-state index contributed by atoms with van der Waals surface area (Å²) < 4.78 is 68.5. The quantitative estimate of drug-likeness (QED) is 0.0222. The van der Waals surface area contributed by atoms with Crippen LogP contribution in [0, 0.1) is 11.8 Å². The van der Waals surface area contributed by atoms with Gasteiger partial charge in [0.1, 0.15) is 19.3 Å². The van der Waals surface area contributed by atoms with Gasteiger partial charge in [-0.1, -0.05) is 363 Å². The number of carbonyl (C=O) groups is 4. The van der Waals surface area contributed by atoms with Crippen molar-refractivity contribution in [3.05, 3.63) is 0 Å². The van der Waals surface area contributed by atoms with Gasteiger partial charge in [-0.05, 0) is 37.5 Å². The summed E-state index contributed by atoms with van der Waals surface area (Å²) >= 11 is 0. The van der Waals surface area contributed by atoms with Gasteiger partial charge in [0, 0.05) is 25.7 Å².